The van der Waals surface area contributed by atoms with Crippen molar-refractivity contribution in [3.05, 3.63) is 22.7 Å². The Labute approximate surface area is 152 Å². The number of aliphatic hydroxyl groups excluding tert-OH is 1. The fourth-order valence-corrected chi connectivity index (χ4v) is 3.43. The first kappa shape index (κ1) is 21.3. The summed E-state index contributed by atoms with van der Waals surface area (Å²) in [6.45, 7) is 2.27. The zero-order chi connectivity index (χ0) is 17.3. The molecule has 138 valence electrons. The lowest BCUT2D eigenvalue weighted by atomic mass is 10.1. The van der Waals surface area contributed by atoms with Crippen molar-refractivity contribution in [2.45, 2.75) is 103 Å². The summed E-state index contributed by atoms with van der Waals surface area (Å²) in [6.07, 6.45) is 22.1. The maximum Gasteiger partial charge on any atom is 0.145 e. The number of rotatable bonds is 16. The van der Waals surface area contributed by atoms with Crippen LogP contribution in [0, 0.1) is 0 Å². The van der Waals surface area contributed by atoms with Crippen molar-refractivity contribution in [2.75, 3.05) is 0 Å². The molecule has 0 radical (unpaired) electrons. The number of hydrogen-bond donors (Lipinski definition) is 1. The van der Waals surface area contributed by atoms with E-state index in [1.54, 1.807) is 5.51 Å². The molecule has 0 aliphatic rings. The molecule has 1 heterocycles. The van der Waals surface area contributed by atoms with E-state index in [0.717, 1.165) is 17.8 Å². The first-order valence-corrected chi connectivity index (χ1v) is 10.8. The van der Waals surface area contributed by atoms with Crippen molar-refractivity contribution in [1.29, 1.82) is 0 Å². The Balaban J connectivity index is 1.79. The molecule has 0 aliphatic carbocycles. The standard InChI is InChI=1S/C20H36N2OS/c1-2-3-4-5-6-7-8-9-10-11-12-13-14-15-16-17-19(23)20-22-21-18-24-20/h9-10,18-19,23H,2-8,11-17H2,1H3. The SMILES string of the molecule is CCCCCCCCC=CCCCCCCCC(O)c1nncs1. The van der Waals surface area contributed by atoms with Gasteiger partial charge in [-0.15, -0.1) is 21.5 Å². The molecule has 0 aliphatic heterocycles. The molecular weight excluding hydrogens is 316 g/mol. The van der Waals surface area contributed by atoms with Gasteiger partial charge in [0.2, 0.25) is 0 Å². The van der Waals surface area contributed by atoms with Crippen LogP contribution in [0.1, 0.15) is 108 Å². The first-order valence-electron chi connectivity index (χ1n) is 9.93. The second-order valence-corrected chi connectivity index (χ2v) is 7.53. The van der Waals surface area contributed by atoms with Gasteiger partial charge in [0.25, 0.3) is 0 Å². The van der Waals surface area contributed by atoms with Gasteiger partial charge in [0.1, 0.15) is 16.6 Å². The third-order valence-corrected chi connectivity index (χ3v) is 5.20. The van der Waals surface area contributed by atoms with Crippen LogP contribution in [0.5, 0.6) is 0 Å². The topological polar surface area (TPSA) is 46.0 Å². The zero-order valence-electron chi connectivity index (χ0n) is 15.5. The van der Waals surface area contributed by atoms with E-state index in [2.05, 4.69) is 29.3 Å². The predicted molar refractivity (Wildman–Crippen MR) is 104 cm³/mol. The number of hydrogen-bond acceptors (Lipinski definition) is 4. The molecule has 3 nitrogen and oxygen atoms in total. The molecule has 1 aromatic heterocycles. The van der Waals surface area contributed by atoms with Crippen LogP contribution in [-0.2, 0) is 0 Å². The van der Waals surface area contributed by atoms with E-state index in [1.165, 1.54) is 88.4 Å². The van der Waals surface area contributed by atoms with Gasteiger partial charge in [0.05, 0.1) is 0 Å². The minimum atomic E-state index is -0.414. The average molecular weight is 353 g/mol. The van der Waals surface area contributed by atoms with Crippen molar-refractivity contribution in [2.24, 2.45) is 0 Å². The van der Waals surface area contributed by atoms with Gasteiger partial charge in [-0.25, -0.2) is 0 Å². The zero-order valence-corrected chi connectivity index (χ0v) is 16.3. The van der Waals surface area contributed by atoms with Crippen LogP contribution in [0.2, 0.25) is 0 Å². The Morgan fingerprint density at radius 1 is 0.917 bits per heavy atom. The lowest BCUT2D eigenvalue weighted by Crippen LogP contribution is -1.96. The highest BCUT2D eigenvalue weighted by atomic mass is 32.1. The van der Waals surface area contributed by atoms with Crippen LogP contribution in [0.4, 0.5) is 0 Å². The summed E-state index contributed by atoms with van der Waals surface area (Å²) in [7, 11) is 0. The van der Waals surface area contributed by atoms with Gasteiger partial charge < -0.3 is 5.11 Å². The van der Waals surface area contributed by atoms with Crippen LogP contribution in [0.3, 0.4) is 0 Å². The lowest BCUT2D eigenvalue weighted by molar-refractivity contribution is 0.162. The summed E-state index contributed by atoms with van der Waals surface area (Å²) in [6, 6.07) is 0. The predicted octanol–water partition coefficient (Wildman–Crippen LogP) is 6.61. The third-order valence-electron chi connectivity index (χ3n) is 4.40. The molecule has 1 aromatic rings. The van der Waals surface area contributed by atoms with Gasteiger partial charge in [-0.3, -0.25) is 0 Å². The number of allylic oxidation sites excluding steroid dienone is 2. The minimum Gasteiger partial charge on any atom is -0.386 e. The number of aromatic nitrogens is 2. The molecular formula is C20H36N2OS. The fourth-order valence-electron chi connectivity index (χ4n) is 2.86. The molecule has 1 N–H and O–H groups in total. The van der Waals surface area contributed by atoms with E-state index in [4.69, 9.17) is 0 Å². The Kier molecular flexibility index (Phi) is 14.0. The van der Waals surface area contributed by atoms with E-state index in [-0.39, 0.29) is 0 Å². The number of aliphatic hydroxyl groups is 1. The van der Waals surface area contributed by atoms with Gasteiger partial charge in [-0.2, -0.15) is 0 Å². The van der Waals surface area contributed by atoms with Crippen LogP contribution in [0.15, 0.2) is 17.7 Å². The second kappa shape index (κ2) is 15.8. The van der Waals surface area contributed by atoms with Crippen molar-refractivity contribution in [3.63, 3.8) is 0 Å². The monoisotopic (exact) mass is 352 g/mol. The maximum atomic E-state index is 9.91. The van der Waals surface area contributed by atoms with E-state index in [9.17, 15) is 5.11 Å². The molecule has 24 heavy (non-hydrogen) atoms. The normalized spacial score (nSPS) is 12.9. The Hall–Kier alpha value is -0.740. The maximum absolute atomic E-state index is 9.91. The highest BCUT2D eigenvalue weighted by Gasteiger charge is 2.09. The minimum absolute atomic E-state index is 0.414. The van der Waals surface area contributed by atoms with Crippen molar-refractivity contribution < 1.29 is 5.11 Å². The number of unbranched alkanes of at least 4 members (excludes halogenated alkanes) is 11. The fraction of sp³-hybridized carbons (Fsp3) is 0.800. The van der Waals surface area contributed by atoms with E-state index in [0.29, 0.717) is 0 Å². The van der Waals surface area contributed by atoms with Crippen LogP contribution >= 0.6 is 11.3 Å². The second-order valence-electron chi connectivity index (χ2n) is 6.67. The average Bonchev–Trinajstić information content (AvgIpc) is 3.13. The van der Waals surface area contributed by atoms with Crippen molar-refractivity contribution >= 4 is 11.3 Å². The summed E-state index contributed by atoms with van der Waals surface area (Å²) in [5.41, 5.74) is 1.68. The van der Waals surface area contributed by atoms with Gasteiger partial charge >= 0.3 is 0 Å². The first-order chi connectivity index (χ1) is 11.8. The molecule has 1 unspecified atom stereocenters. The van der Waals surface area contributed by atoms with Gasteiger partial charge in [-0.1, -0.05) is 76.9 Å². The summed E-state index contributed by atoms with van der Waals surface area (Å²) in [5, 5.41) is 18.3. The number of nitrogens with zero attached hydrogens (tertiary/aromatic N) is 2. The molecule has 1 rings (SSSR count). The molecule has 0 aromatic carbocycles. The van der Waals surface area contributed by atoms with E-state index >= 15 is 0 Å². The highest BCUT2D eigenvalue weighted by molar-refractivity contribution is 7.09. The molecule has 0 fully saturated rings. The molecule has 0 bridgehead atoms. The lowest BCUT2D eigenvalue weighted by Gasteiger charge is -2.06. The molecule has 0 saturated heterocycles. The van der Waals surface area contributed by atoms with Gasteiger partial charge in [0, 0.05) is 0 Å². The van der Waals surface area contributed by atoms with Crippen LogP contribution in [-0.4, -0.2) is 15.3 Å². The van der Waals surface area contributed by atoms with Crippen molar-refractivity contribution in [3.8, 4) is 0 Å². The van der Waals surface area contributed by atoms with Gasteiger partial charge in [0.15, 0.2) is 0 Å². The summed E-state index contributed by atoms with van der Waals surface area (Å²) in [5.74, 6) is 0. The Bertz CT molecular complexity index is 392. The molecule has 0 spiro atoms. The smallest absolute Gasteiger partial charge is 0.145 e. The van der Waals surface area contributed by atoms with E-state index < -0.39 is 6.10 Å². The van der Waals surface area contributed by atoms with Gasteiger partial charge in [-0.05, 0) is 32.1 Å². The van der Waals surface area contributed by atoms with Crippen LogP contribution < -0.4 is 0 Å². The van der Waals surface area contributed by atoms with Crippen LogP contribution in [0.25, 0.3) is 0 Å². The summed E-state index contributed by atoms with van der Waals surface area (Å²) < 4.78 is 0. The Morgan fingerprint density at radius 2 is 1.50 bits per heavy atom. The Morgan fingerprint density at radius 3 is 2.08 bits per heavy atom. The summed E-state index contributed by atoms with van der Waals surface area (Å²) in [4.78, 5) is 0. The van der Waals surface area contributed by atoms with E-state index in [1.807, 2.05) is 0 Å². The molecule has 0 amide bonds. The highest BCUT2D eigenvalue weighted by Crippen LogP contribution is 2.21. The molecule has 0 saturated carbocycles. The van der Waals surface area contributed by atoms with Crippen molar-refractivity contribution in [1.82, 2.24) is 10.2 Å². The largest absolute Gasteiger partial charge is 0.386 e. The third kappa shape index (κ3) is 11.7. The molecule has 1 atom stereocenters. The summed E-state index contributed by atoms with van der Waals surface area (Å²) >= 11 is 1.44. The quantitative estimate of drug-likeness (QED) is 0.269. The molecule has 4 heteroatoms.